The lowest BCUT2D eigenvalue weighted by molar-refractivity contribution is 0.00578. The molecule has 7 aromatic rings. The lowest BCUT2D eigenvalue weighted by atomic mass is 9.64. The maximum atomic E-state index is 6.53. The van der Waals surface area contributed by atoms with Crippen molar-refractivity contribution in [2.75, 3.05) is 4.90 Å². The molecule has 4 nitrogen and oxygen atoms in total. The van der Waals surface area contributed by atoms with Crippen molar-refractivity contribution in [3.8, 4) is 11.1 Å². The number of anilines is 3. The molecule has 2 aliphatic heterocycles. The summed E-state index contributed by atoms with van der Waals surface area (Å²) in [6, 6.07) is 48.4. The molecule has 3 aliphatic rings. The van der Waals surface area contributed by atoms with Gasteiger partial charge in [0.25, 0.3) is 0 Å². The molecule has 1 aliphatic carbocycles. The van der Waals surface area contributed by atoms with Crippen LogP contribution < -0.4 is 10.4 Å². The van der Waals surface area contributed by atoms with Crippen molar-refractivity contribution in [2.24, 2.45) is 0 Å². The van der Waals surface area contributed by atoms with Gasteiger partial charge in [-0.15, -0.1) is 0 Å². The number of hydrogen-bond donors (Lipinski definition) is 0. The average molecular weight is 624 g/mol. The molecule has 10 rings (SSSR count). The van der Waals surface area contributed by atoms with Crippen LogP contribution >= 0.6 is 0 Å². The number of rotatable bonds is 2. The molecule has 5 heteroatoms. The van der Waals surface area contributed by atoms with Crippen molar-refractivity contribution in [3.63, 3.8) is 0 Å². The minimum Gasteiger partial charge on any atom is -0.456 e. The lowest BCUT2D eigenvalue weighted by Gasteiger charge is -2.45. The van der Waals surface area contributed by atoms with Crippen LogP contribution in [0.15, 0.2) is 138 Å². The molecule has 0 atom stereocenters. The first kappa shape index (κ1) is 28.0. The summed E-state index contributed by atoms with van der Waals surface area (Å²) >= 11 is 0. The number of benzene rings is 6. The summed E-state index contributed by atoms with van der Waals surface area (Å²) in [5.74, 6) is 0. The van der Waals surface area contributed by atoms with Crippen LogP contribution in [0.1, 0.15) is 49.9 Å². The van der Waals surface area contributed by atoms with Gasteiger partial charge in [-0.3, -0.25) is 0 Å². The van der Waals surface area contributed by atoms with Crippen LogP contribution in [-0.2, 0) is 14.7 Å². The van der Waals surface area contributed by atoms with E-state index in [1.54, 1.807) is 0 Å². The standard InChI is InChI=1S/C43H34BNO3/c1-41(2)42(3,4)48-44(47-41)27-21-23-28(24-22-27)45-37-18-10-8-16-34(37)43(35-17-9-11-19-38(35)45)33-15-7-5-13-29(33)31-25-32-30-14-6-12-20-39(30)46-40(32)26-36(31)43/h5-26H,1-4H3. The Hall–Kier alpha value is -5.10. The highest BCUT2D eigenvalue weighted by molar-refractivity contribution is 6.62. The van der Waals surface area contributed by atoms with Gasteiger partial charge in [-0.25, -0.2) is 0 Å². The predicted molar refractivity (Wildman–Crippen MR) is 195 cm³/mol. The molecule has 0 unspecified atom stereocenters. The summed E-state index contributed by atoms with van der Waals surface area (Å²) in [6.45, 7) is 8.38. The highest BCUT2D eigenvalue weighted by atomic mass is 16.7. The van der Waals surface area contributed by atoms with E-state index in [1.165, 1.54) is 33.4 Å². The van der Waals surface area contributed by atoms with Gasteiger partial charge in [0.15, 0.2) is 0 Å². The van der Waals surface area contributed by atoms with Gasteiger partial charge in [-0.05, 0) is 109 Å². The van der Waals surface area contributed by atoms with E-state index in [9.17, 15) is 0 Å². The predicted octanol–water partition coefficient (Wildman–Crippen LogP) is 10.0. The van der Waals surface area contributed by atoms with Gasteiger partial charge in [-0.1, -0.05) is 91.0 Å². The number of fused-ring (bicyclic) bond motifs is 12. The third-order valence-electron chi connectivity index (χ3n) is 11.3. The molecule has 0 bridgehead atoms. The van der Waals surface area contributed by atoms with Crippen molar-refractivity contribution < 1.29 is 13.7 Å². The quantitative estimate of drug-likeness (QED) is 0.180. The van der Waals surface area contributed by atoms with E-state index in [0.29, 0.717) is 0 Å². The number of hydrogen-bond acceptors (Lipinski definition) is 4. The molecule has 0 saturated carbocycles. The van der Waals surface area contributed by atoms with Gasteiger partial charge in [0.05, 0.1) is 28.0 Å². The first-order chi connectivity index (χ1) is 23.3. The van der Waals surface area contributed by atoms with Gasteiger partial charge < -0.3 is 18.6 Å². The first-order valence-electron chi connectivity index (χ1n) is 16.8. The molecule has 1 aromatic heterocycles. The normalized spacial score (nSPS) is 17.8. The highest BCUT2D eigenvalue weighted by Gasteiger charge is 2.53. The summed E-state index contributed by atoms with van der Waals surface area (Å²) in [5, 5.41) is 2.30. The molecule has 1 spiro atoms. The average Bonchev–Trinajstić information content (AvgIpc) is 3.68. The molecular formula is C43H34BNO3. The molecule has 1 saturated heterocycles. The lowest BCUT2D eigenvalue weighted by Crippen LogP contribution is -2.41. The van der Waals surface area contributed by atoms with Crippen molar-refractivity contribution in [1.82, 2.24) is 0 Å². The Balaban J connectivity index is 1.20. The monoisotopic (exact) mass is 623 g/mol. The summed E-state index contributed by atoms with van der Waals surface area (Å²) in [5.41, 5.74) is 12.5. The van der Waals surface area contributed by atoms with Crippen LogP contribution in [0.2, 0.25) is 0 Å². The summed E-state index contributed by atoms with van der Waals surface area (Å²) in [7, 11) is -0.408. The number of nitrogens with zero attached hydrogens (tertiary/aromatic N) is 1. The number of para-hydroxylation sites is 3. The highest BCUT2D eigenvalue weighted by Crippen LogP contribution is 2.63. The third-order valence-corrected chi connectivity index (χ3v) is 11.3. The molecule has 48 heavy (non-hydrogen) atoms. The van der Waals surface area contributed by atoms with Gasteiger partial charge in [0.1, 0.15) is 11.2 Å². The Morgan fingerprint density at radius 3 is 1.77 bits per heavy atom. The zero-order chi connectivity index (χ0) is 32.4. The smallest absolute Gasteiger partial charge is 0.456 e. The number of furan rings is 1. The second-order valence-corrected chi connectivity index (χ2v) is 14.3. The topological polar surface area (TPSA) is 34.8 Å². The molecule has 0 N–H and O–H groups in total. The third kappa shape index (κ3) is 3.53. The zero-order valence-electron chi connectivity index (χ0n) is 27.5. The fourth-order valence-corrected chi connectivity index (χ4v) is 8.36. The van der Waals surface area contributed by atoms with E-state index in [4.69, 9.17) is 13.7 Å². The molecule has 3 heterocycles. The minimum absolute atomic E-state index is 0.392. The Labute approximate surface area is 280 Å². The second kappa shape index (κ2) is 9.50. The zero-order valence-corrected chi connectivity index (χ0v) is 27.5. The maximum Gasteiger partial charge on any atom is 0.494 e. The Kier molecular flexibility index (Phi) is 5.54. The molecule has 1 fully saturated rings. The summed E-state index contributed by atoms with van der Waals surface area (Å²) in [4.78, 5) is 2.41. The minimum atomic E-state index is -0.522. The van der Waals surface area contributed by atoms with E-state index in [2.05, 4.69) is 160 Å². The molecule has 232 valence electrons. The molecular weight excluding hydrogens is 589 g/mol. The van der Waals surface area contributed by atoms with Crippen molar-refractivity contribution in [2.45, 2.75) is 44.3 Å². The first-order valence-corrected chi connectivity index (χ1v) is 16.8. The van der Waals surface area contributed by atoms with Crippen molar-refractivity contribution >= 4 is 51.6 Å². The van der Waals surface area contributed by atoms with Crippen LogP contribution in [0.5, 0.6) is 0 Å². The van der Waals surface area contributed by atoms with Crippen LogP contribution in [0.25, 0.3) is 33.1 Å². The largest absolute Gasteiger partial charge is 0.494 e. The van der Waals surface area contributed by atoms with E-state index < -0.39 is 23.7 Å². The maximum absolute atomic E-state index is 6.53. The van der Waals surface area contributed by atoms with E-state index in [-0.39, 0.29) is 0 Å². The van der Waals surface area contributed by atoms with Crippen LogP contribution in [0.3, 0.4) is 0 Å². The van der Waals surface area contributed by atoms with Crippen LogP contribution in [-0.4, -0.2) is 18.3 Å². The Morgan fingerprint density at radius 1 is 0.500 bits per heavy atom. The fourth-order valence-electron chi connectivity index (χ4n) is 8.36. The van der Waals surface area contributed by atoms with Crippen LogP contribution in [0.4, 0.5) is 17.1 Å². The fraction of sp³-hybridized carbons (Fsp3) is 0.163. The van der Waals surface area contributed by atoms with Gasteiger partial charge in [-0.2, -0.15) is 0 Å². The molecule has 0 amide bonds. The summed E-state index contributed by atoms with van der Waals surface area (Å²) < 4.78 is 19.3. The van der Waals surface area contributed by atoms with E-state index >= 15 is 0 Å². The van der Waals surface area contributed by atoms with Crippen molar-refractivity contribution in [3.05, 3.63) is 156 Å². The Bertz CT molecular complexity index is 2380. The Morgan fingerprint density at radius 2 is 1.08 bits per heavy atom. The SMILES string of the molecule is CC1(C)OB(c2ccc(N3c4ccccc4C4(c5ccccc5-c5cc6c(cc54)oc4ccccc46)c4ccccc43)cc2)OC1(C)C. The van der Waals surface area contributed by atoms with Crippen molar-refractivity contribution in [1.29, 1.82) is 0 Å². The van der Waals surface area contributed by atoms with Crippen LogP contribution in [0, 0.1) is 0 Å². The van der Waals surface area contributed by atoms with Gasteiger partial charge in [0, 0.05) is 16.5 Å². The van der Waals surface area contributed by atoms with Gasteiger partial charge in [0.2, 0.25) is 0 Å². The van der Waals surface area contributed by atoms with E-state index in [1.807, 2.05) is 6.07 Å². The van der Waals surface area contributed by atoms with E-state index in [0.717, 1.165) is 44.5 Å². The summed E-state index contributed by atoms with van der Waals surface area (Å²) in [6.07, 6.45) is 0. The second-order valence-electron chi connectivity index (χ2n) is 14.3. The molecule has 0 radical (unpaired) electrons. The molecule has 6 aromatic carbocycles. The van der Waals surface area contributed by atoms with Gasteiger partial charge >= 0.3 is 7.12 Å².